The van der Waals surface area contributed by atoms with Crippen LogP contribution in [0, 0.1) is 0 Å². The van der Waals surface area contributed by atoms with E-state index >= 15 is 0 Å². The molecule has 0 N–H and O–H groups in total. The van der Waals surface area contributed by atoms with Gasteiger partial charge < -0.3 is 9.47 Å². The number of fused-ring (bicyclic) bond motifs is 1. The van der Waals surface area contributed by atoms with E-state index in [0.717, 1.165) is 20.9 Å². The highest BCUT2D eigenvalue weighted by Crippen LogP contribution is 2.43. The predicted molar refractivity (Wildman–Crippen MR) is 83.9 cm³/mol. The maximum atomic E-state index is 12.4. The second-order valence-corrected chi connectivity index (χ2v) is 6.07. The number of carbonyl (C=O) groups is 2. The van der Waals surface area contributed by atoms with E-state index in [1.807, 2.05) is 18.2 Å². The molecule has 22 heavy (non-hydrogen) atoms. The van der Waals surface area contributed by atoms with Gasteiger partial charge in [0.05, 0.1) is 12.2 Å². The molecule has 1 aromatic carbocycles. The summed E-state index contributed by atoms with van der Waals surface area (Å²) in [4.78, 5) is 26.2. The lowest BCUT2D eigenvalue weighted by Crippen LogP contribution is -2.28. The maximum absolute atomic E-state index is 12.4. The van der Waals surface area contributed by atoms with Crippen LogP contribution in [0.4, 0.5) is 0 Å². The van der Waals surface area contributed by atoms with E-state index in [0.29, 0.717) is 18.6 Å². The largest absolute Gasteiger partial charge is 0.462 e. The zero-order valence-electron chi connectivity index (χ0n) is 12.4. The molecule has 1 aliphatic carbocycles. The Bertz CT molecular complexity index is 703. The molecule has 1 unspecified atom stereocenters. The maximum Gasteiger partial charge on any atom is 0.339 e. The van der Waals surface area contributed by atoms with E-state index in [2.05, 4.69) is 0 Å². The van der Waals surface area contributed by atoms with Crippen molar-refractivity contribution in [2.24, 2.45) is 0 Å². The van der Waals surface area contributed by atoms with Crippen LogP contribution in [0.3, 0.4) is 0 Å². The van der Waals surface area contributed by atoms with Crippen molar-refractivity contribution < 1.29 is 19.1 Å². The molecule has 0 fully saturated rings. The van der Waals surface area contributed by atoms with Gasteiger partial charge in [0.2, 0.25) is 0 Å². The first-order valence-corrected chi connectivity index (χ1v) is 7.92. The van der Waals surface area contributed by atoms with E-state index in [9.17, 15) is 9.59 Å². The molecule has 1 aromatic rings. The second-order valence-electron chi connectivity index (χ2n) is 5.02. The predicted octanol–water partition coefficient (Wildman–Crippen LogP) is 2.92. The molecule has 0 radical (unpaired) electrons. The van der Waals surface area contributed by atoms with Crippen LogP contribution in [0.25, 0.3) is 0 Å². The van der Waals surface area contributed by atoms with Gasteiger partial charge in [-0.2, -0.15) is 0 Å². The summed E-state index contributed by atoms with van der Waals surface area (Å²) in [5.74, 6) is -0.323. The number of rotatable bonds is 3. The van der Waals surface area contributed by atoms with Gasteiger partial charge in [0.25, 0.3) is 0 Å². The minimum atomic E-state index is -0.505. The van der Waals surface area contributed by atoms with Crippen molar-refractivity contribution in [2.45, 2.75) is 24.3 Å². The lowest BCUT2D eigenvalue weighted by molar-refractivity contribution is -0.122. The number of ketones is 1. The van der Waals surface area contributed by atoms with Crippen molar-refractivity contribution in [1.29, 1.82) is 0 Å². The summed E-state index contributed by atoms with van der Waals surface area (Å²) in [7, 11) is 1.53. The number of ether oxygens (including phenoxy) is 2. The van der Waals surface area contributed by atoms with Gasteiger partial charge in [0.1, 0.15) is 6.10 Å². The Morgan fingerprint density at radius 2 is 2.23 bits per heavy atom. The highest BCUT2D eigenvalue weighted by Gasteiger charge is 2.31. The highest BCUT2D eigenvalue weighted by molar-refractivity contribution is 8.03. The van der Waals surface area contributed by atoms with Gasteiger partial charge in [-0.25, -0.2) is 4.79 Å². The van der Waals surface area contributed by atoms with Gasteiger partial charge in [-0.15, -0.1) is 0 Å². The Morgan fingerprint density at radius 3 is 2.95 bits per heavy atom. The Hall–Kier alpha value is -1.85. The van der Waals surface area contributed by atoms with E-state index in [-0.39, 0.29) is 11.8 Å². The smallest absolute Gasteiger partial charge is 0.339 e. The van der Waals surface area contributed by atoms with Crippen molar-refractivity contribution in [3.63, 3.8) is 0 Å². The van der Waals surface area contributed by atoms with E-state index in [1.165, 1.54) is 18.9 Å². The first-order valence-electron chi connectivity index (χ1n) is 7.11. The van der Waals surface area contributed by atoms with Crippen LogP contribution in [-0.4, -0.2) is 31.6 Å². The Labute approximate surface area is 133 Å². The summed E-state index contributed by atoms with van der Waals surface area (Å²) in [5.41, 5.74) is 2.30. The van der Waals surface area contributed by atoms with Crippen molar-refractivity contribution in [1.82, 2.24) is 0 Å². The molecule has 0 aromatic heterocycles. The zero-order valence-corrected chi connectivity index (χ0v) is 13.2. The fraction of sp³-hybridized carbons (Fsp3) is 0.294. The Morgan fingerprint density at radius 1 is 1.41 bits per heavy atom. The van der Waals surface area contributed by atoms with Crippen molar-refractivity contribution in [2.75, 3.05) is 13.7 Å². The van der Waals surface area contributed by atoms with Gasteiger partial charge >= 0.3 is 5.97 Å². The van der Waals surface area contributed by atoms with Crippen molar-refractivity contribution in [3.05, 3.63) is 52.0 Å². The molecule has 4 nitrogen and oxygen atoms in total. The molecule has 0 saturated heterocycles. The third-order valence-electron chi connectivity index (χ3n) is 3.70. The fourth-order valence-corrected chi connectivity index (χ4v) is 3.82. The molecule has 5 heteroatoms. The molecule has 0 saturated carbocycles. The first-order chi connectivity index (χ1) is 10.7. The molecule has 1 aliphatic heterocycles. The van der Waals surface area contributed by atoms with Crippen LogP contribution in [0.15, 0.2) is 45.7 Å². The molecule has 114 valence electrons. The first kappa shape index (κ1) is 15.1. The van der Waals surface area contributed by atoms with Crippen LogP contribution in [0.5, 0.6) is 0 Å². The van der Waals surface area contributed by atoms with Gasteiger partial charge in [0.15, 0.2) is 5.78 Å². The standard InChI is InChI=1S/C17H16O4S/c1-3-21-17(19)11-6-4-5-10-9-12-14(22-16(10)11)8-7-13(20-2)15(12)18/h4-8,13H,3,9H2,1-2H3. The minimum absolute atomic E-state index is 0.000289. The van der Waals surface area contributed by atoms with Crippen LogP contribution in [0.1, 0.15) is 22.8 Å². The van der Waals surface area contributed by atoms with E-state index in [1.54, 1.807) is 19.1 Å². The number of thioether (sulfide) groups is 1. The lowest BCUT2D eigenvalue weighted by Gasteiger charge is -2.26. The summed E-state index contributed by atoms with van der Waals surface area (Å²) in [6.07, 6.45) is 3.68. The Balaban J connectivity index is 1.98. The summed E-state index contributed by atoms with van der Waals surface area (Å²) in [5, 5.41) is 0. The fourth-order valence-electron chi connectivity index (χ4n) is 2.63. The Kier molecular flexibility index (Phi) is 4.18. The molecule has 0 amide bonds. The molecule has 1 atom stereocenters. The number of hydrogen-bond acceptors (Lipinski definition) is 5. The monoisotopic (exact) mass is 316 g/mol. The van der Waals surface area contributed by atoms with Gasteiger partial charge in [-0.1, -0.05) is 23.9 Å². The number of carbonyl (C=O) groups excluding carboxylic acids is 2. The number of esters is 1. The summed E-state index contributed by atoms with van der Waals surface area (Å²) in [6, 6.07) is 5.54. The molecular formula is C17H16O4S. The number of Topliss-reactive ketones (excluding diaryl/α,β-unsaturated/α-hetero) is 1. The van der Waals surface area contributed by atoms with E-state index in [4.69, 9.17) is 9.47 Å². The normalized spacial score (nSPS) is 19.7. The third-order valence-corrected chi connectivity index (χ3v) is 4.99. The topological polar surface area (TPSA) is 52.6 Å². The third kappa shape index (κ3) is 2.51. The highest BCUT2D eigenvalue weighted by atomic mass is 32.2. The average Bonchev–Trinajstić information content (AvgIpc) is 2.53. The summed E-state index contributed by atoms with van der Waals surface area (Å²) < 4.78 is 10.3. The molecule has 0 bridgehead atoms. The zero-order chi connectivity index (χ0) is 15.7. The molecule has 2 aliphatic rings. The van der Waals surface area contributed by atoms with Crippen LogP contribution in [-0.2, 0) is 20.7 Å². The number of methoxy groups -OCH3 is 1. The number of allylic oxidation sites excluding steroid dienone is 1. The summed E-state index contributed by atoms with van der Waals surface area (Å²) >= 11 is 1.45. The summed E-state index contributed by atoms with van der Waals surface area (Å²) in [6.45, 7) is 2.13. The molecule has 3 rings (SSSR count). The molecular weight excluding hydrogens is 300 g/mol. The second kappa shape index (κ2) is 6.10. The van der Waals surface area contributed by atoms with Crippen LogP contribution < -0.4 is 0 Å². The SMILES string of the molecule is CCOC(=O)c1cccc2c1SC1=C(C2)C(=O)C(OC)C=C1. The quantitative estimate of drug-likeness (QED) is 0.803. The van der Waals surface area contributed by atoms with Gasteiger partial charge in [-0.3, -0.25) is 4.79 Å². The molecule has 1 heterocycles. The van der Waals surface area contributed by atoms with Gasteiger partial charge in [-0.05, 0) is 30.7 Å². The van der Waals surface area contributed by atoms with E-state index < -0.39 is 6.10 Å². The minimum Gasteiger partial charge on any atom is -0.462 e. The number of hydrogen-bond donors (Lipinski definition) is 0. The van der Waals surface area contributed by atoms with Crippen molar-refractivity contribution >= 4 is 23.5 Å². The molecule has 0 spiro atoms. The van der Waals surface area contributed by atoms with Gasteiger partial charge in [0, 0.05) is 28.9 Å². The average molecular weight is 316 g/mol. The lowest BCUT2D eigenvalue weighted by atomic mass is 9.93. The number of benzene rings is 1. The van der Waals surface area contributed by atoms with Crippen molar-refractivity contribution in [3.8, 4) is 0 Å². The van der Waals surface area contributed by atoms with Crippen LogP contribution in [0.2, 0.25) is 0 Å². The van der Waals surface area contributed by atoms with Crippen LogP contribution >= 0.6 is 11.8 Å².